The molecular weight excluding hydrogens is 343 g/mol. The molecule has 1 rings (SSSR count). The molecule has 138 valence electrons. The first-order valence-electron chi connectivity index (χ1n) is 8.40. The van der Waals surface area contributed by atoms with Crippen LogP contribution in [0.15, 0.2) is 30.3 Å². The van der Waals surface area contributed by atoms with E-state index in [1.165, 1.54) is 12.1 Å². The Balaban J connectivity index is 3.75. The molecule has 0 aliphatic rings. The Kier molecular flexibility index (Phi) is 5.62. The second-order valence-corrected chi connectivity index (χ2v) is 16.8. The van der Waals surface area contributed by atoms with Crippen molar-refractivity contribution in [3.05, 3.63) is 30.3 Å². The van der Waals surface area contributed by atoms with E-state index in [9.17, 15) is 0 Å². The van der Waals surface area contributed by atoms with Gasteiger partial charge in [-0.25, -0.2) is 8.22 Å². The van der Waals surface area contributed by atoms with Gasteiger partial charge in [-0.05, 0) is 30.8 Å². The molecule has 0 saturated heterocycles. The molecule has 0 radical (unpaired) electrons. The van der Waals surface area contributed by atoms with Crippen LogP contribution in [0.4, 0.5) is 12.3 Å². The fourth-order valence-corrected chi connectivity index (χ4v) is 13.8. The molecule has 0 aliphatic heterocycles. The zero-order valence-corrected chi connectivity index (χ0v) is 18.5. The molecule has 1 aromatic carbocycles. The molecule has 0 atom stereocenters. The lowest BCUT2D eigenvalue weighted by atomic mass is 10.1. The van der Waals surface area contributed by atoms with E-state index in [1.54, 1.807) is 80.5 Å². The van der Waals surface area contributed by atoms with Crippen molar-refractivity contribution in [3.63, 3.8) is 0 Å². The fourth-order valence-electron chi connectivity index (χ4n) is 3.64. The standard InChI is InChI=1S/C18H32F3NSi2/c1-16(2,3)22(23(19,20)15-13-11-10-12-14-15)24(21,17(4,5)6)18(7,8)9/h10-14H,1-9H3. The molecule has 0 bridgehead atoms. The highest BCUT2D eigenvalue weighted by Gasteiger charge is 2.70. The molecule has 0 spiro atoms. The molecule has 0 N–H and O–H groups in total. The van der Waals surface area contributed by atoms with Gasteiger partial charge in [-0.2, -0.15) is 0 Å². The minimum Gasteiger partial charge on any atom is -0.292 e. The molecular formula is C18H32F3NSi2. The fraction of sp³-hybridized carbons (Fsp3) is 0.667. The lowest BCUT2D eigenvalue weighted by molar-refractivity contribution is 0.245. The third kappa shape index (κ3) is 3.65. The Hall–Kier alpha value is -0.596. The number of rotatable bonds is 3. The van der Waals surface area contributed by atoms with Crippen molar-refractivity contribution < 1.29 is 12.3 Å². The first-order valence-corrected chi connectivity index (χ1v) is 11.9. The highest BCUT2D eigenvalue weighted by atomic mass is 28.5. The summed E-state index contributed by atoms with van der Waals surface area (Å²) in [4.78, 5) is 0. The summed E-state index contributed by atoms with van der Waals surface area (Å²) in [6.07, 6.45) is 0. The molecule has 6 heteroatoms. The van der Waals surface area contributed by atoms with Crippen molar-refractivity contribution >= 4 is 22.7 Å². The topological polar surface area (TPSA) is 3.24 Å². The molecule has 1 nitrogen and oxygen atoms in total. The third-order valence-electron chi connectivity index (χ3n) is 4.37. The summed E-state index contributed by atoms with van der Waals surface area (Å²) in [7, 11) is -9.27. The van der Waals surface area contributed by atoms with Gasteiger partial charge in [-0.15, -0.1) is 0 Å². The first-order chi connectivity index (χ1) is 10.5. The van der Waals surface area contributed by atoms with Crippen LogP contribution in [0.2, 0.25) is 10.1 Å². The summed E-state index contributed by atoms with van der Waals surface area (Å²) in [5, 5.41) is -1.71. The van der Waals surface area contributed by atoms with Crippen LogP contribution < -0.4 is 5.19 Å². The van der Waals surface area contributed by atoms with Gasteiger partial charge in [-0.3, -0.25) is 8.34 Å². The van der Waals surface area contributed by atoms with Crippen LogP contribution in [-0.2, 0) is 0 Å². The largest absolute Gasteiger partial charge is 0.536 e. The van der Waals surface area contributed by atoms with Gasteiger partial charge in [0.1, 0.15) is 0 Å². The Morgan fingerprint density at radius 3 is 1.38 bits per heavy atom. The normalized spacial score (nSPS) is 15.0. The summed E-state index contributed by atoms with van der Waals surface area (Å²) < 4.78 is 49.3. The van der Waals surface area contributed by atoms with E-state index >= 15 is 12.3 Å². The molecule has 0 heterocycles. The van der Waals surface area contributed by atoms with E-state index in [0.717, 1.165) is 4.23 Å². The van der Waals surface area contributed by atoms with Gasteiger partial charge in [-0.1, -0.05) is 71.9 Å². The molecule has 0 aliphatic carbocycles. The van der Waals surface area contributed by atoms with Crippen LogP contribution in [0, 0.1) is 0 Å². The van der Waals surface area contributed by atoms with Crippen LogP contribution in [0.3, 0.4) is 0 Å². The third-order valence-corrected chi connectivity index (χ3v) is 13.7. The first kappa shape index (κ1) is 21.4. The maximum atomic E-state index is 16.8. The van der Waals surface area contributed by atoms with Gasteiger partial charge in [0.05, 0.1) is 0 Å². The Bertz CT molecular complexity index is 540. The number of hydrogen-bond acceptors (Lipinski definition) is 1. The summed E-state index contributed by atoms with van der Waals surface area (Å²) in [6, 6.07) is 7.79. The minimum absolute atomic E-state index is 0.0250. The van der Waals surface area contributed by atoms with Crippen LogP contribution in [-0.4, -0.2) is 27.2 Å². The van der Waals surface area contributed by atoms with Crippen LogP contribution in [0.25, 0.3) is 0 Å². The quantitative estimate of drug-likeness (QED) is 0.471. The number of hydrogen-bond donors (Lipinski definition) is 0. The lowest BCUT2D eigenvalue weighted by Crippen LogP contribution is -2.77. The van der Waals surface area contributed by atoms with Crippen molar-refractivity contribution in [1.82, 2.24) is 4.23 Å². The Morgan fingerprint density at radius 2 is 1.08 bits per heavy atom. The average molecular weight is 376 g/mol. The average Bonchev–Trinajstić information content (AvgIpc) is 2.35. The van der Waals surface area contributed by atoms with E-state index in [4.69, 9.17) is 0 Å². The molecule has 0 saturated carbocycles. The van der Waals surface area contributed by atoms with Crippen molar-refractivity contribution in [1.29, 1.82) is 0 Å². The zero-order chi connectivity index (χ0) is 19.2. The molecule has 24 heavy (non-hydrogen) atoms. The Labute approximate surface area is 148 Å². The SMILES string of the molecule is CC(C)(C)N([Si](F)(F)c1ccccc1)[Si](F)(C(C)(C)C)C(C)(C)C. The highest BCUT2D eigenvalue weighted by molar-refractivity contribution is 6.92. The van der Waals surface area contributed by atoms with E-state index < -0.39 is 33.1 Å². The molecule has 0 aromatic heterocycles. The zero-order valence-electron chi connectivity index (χ0n) is 16.5. The van der Waals surface area contributed by atoms with Gasteiger partial charge < -0.3 is 0 Å². The molecule has 0 unspecified atom stereocenters. The predicted octanol–water partition coefficient (Wildman–Crippen LogP) is 5.88. The maximum absolute atomic E-state index is 16.8. The lowest BCUT2D eigenvalue weighted by Gasteiger charge is -2.56. The van der Waals surface area contributed by atoms with Crippen molar-refractivity contribution in [2.45, 2.75) is 77.9 Å². The van der Waals surface area contributed by atoms with E-state index in [0.29, 0.717) is 0 Å². The van der Waals surface area contributed by atoms with Gasteiger partial charge in [0.15, 0.2) is 0 Å². The molecule has 0 fully saturated rings. The highest BCUT2D eigenvalue weighted by Crippen LogP contribution is 2.56. The van der Waals surface area contributed by atoms with Gasteiger partial charge in [0.2, 0.25) is 0 Å². The van der Waals surface area contributed by atoms with E-state index in [1.807, 2.05) is 0 Å². The summed E-state index contributed by atoms with van der Waals surface area (Å²) in [6.45, 7) is 15.7. The van der Waals surface area contributed by atoms with Gasteiger partial charge in [0, 0.05) is 10.7 Å². The summed E-state index contributed by atoms with van der Waals surface area (Å²) in [5.41, 5.74) is -0.965. The molecule has 1 aromatic rings. The maximum Gasteiger partial charge on any atom is 0.536 e. The number of nitrogens with zero attached hydrogens (tertiary/aromatic N) is 1. The van der Waals surface area contributed by atoms with Gasteiger partial charge in [0.25, 0.3) is 0 Å². The van der Waals surface area contributed by atoms with Gasteiger partial charge >= 0.3 is 17.5 Å². The van der Waals surface area contributed by atoms with Crippen LogP contribution >= 0.6 is 0 Å². The Morgan fingerprint density at radius 1 is 0.708 bits per heavy atom. The number of halogens is 3. The minimum atomic E-state index is -5.18. The van der Waals surface area contributed by atoms with Crippen molar-refractivity contribution in [2.24, 2.45) is 0 Å². The predicted molar refractivity (Wildman–Crippen MR) is 102 cm³/mol. The summed E-state index contributed by atoms with van der Waals surface area (Å²) >= 11 is 0. The van der Waals surface area contributed by atoms with Crippen molar-refractivity contribution in [2.75, 3.05) is 0 Å². The second-order valence-electron chi connectivity index (χ2n) is 9.54. The molecule has 0 amide bonds. The van der Waals surface area contributed by atoms with E-state index in [2.05, 4.69) is 0 Å². The monoisotopic (exact) mass is 375 g/mol. The van der Waals surface area contributed by atoms with Crippen LogP contribution in [0.5, 0.6) is 0 Å². The number of benzene rings is 1. The van der Waals surface area contributed by atoms with Crippen molar-refractivity contribution in [3.8, 4) is 0 Å². The second kappa shape index (κ2) is 6.29. The summed E-state index contributed by atoms with van der Waals surface area (Å²) in [5.74, 6) is 0. The van der Waals surface area contributed by atoms with Crippen LogP contribution in [0.1, 0.15) is 62.3 Å². The smallest absolute Gasteiger partial charge is 0.292 e. The van der Waals surface area contributed by atoms with E-state index in [-0.39, 0.29) is 5.19 Å².